The van der Waals surface area contributed by atoms with Crippen LogP contribution in [-0.2, 0) is 23.1 Å². The van der Waals surface area contributed by atoms with E-state index in [9.17, 15) is 9.59 Å². The molecule has 0 unspecified atom stereocenters. The molecule has 0 aliphatic rings. The maximum Gasteiger partial charge on any atom is 0.410 e. The molecule has 0 aliphatic heterocycles. The highest BCUT2D eigenvalue weighted by Crippen LogP contribution is 2.37. The Morgan fingerprint density at radius 1 is 0.868 bits per heavy atom. The lowest BCUT2D eigenvalue weighted by Crippen LogP contribution is -2.38. The number of aromatic nitrogens is 1. The van der Waals surface area contributed by atoms with E-state index in [0.717, 1.165) is 27.6 Å². The van der Waals surface area contributed by atoms with Crippen LogP contribution in [0, 0.1) is 0 Å². The molecule has 38 heavy (non-hydrogen) atoms. The molecular formula is C32H36N2O4. The normalized spacial score (nSPS) is 13.2. The lowest BCUT2D eigenvalue weighted by molar-refractivity contribution is 0.00132. The Hall–Kier alpha value is -3.90. The minimum absolute atomic E-state index is 0.0851. The number of amides is 1. The predicted molar refractivity (Wildman–Crippen MR) is 151 cm³/mol. The van der Waals surface area contributed by atoms with Crippen LogP contribution in [0.2, 0.25) is 0 Å². The predicted octanol–water partition coefficient (Wildman–Crippen LogP) is 6.45. The second-order valence-electron chi connectivity index (χ2n) is 10.6. The lowest BCUT2D eigenvalue weighted by Gasteiger charge is -2.33. The fraction of sp³-hybridized carbons (Fsp3) is 0.312. The number of carbonyl (C=O) groups is 1. The molecule has 0 saturated heterocycles. The lowest BCUT2D eigenvalue weighted by atomic mass is 9.87. The summed E-state index contributed by atoms with van der Waals surface area (Å²) in [5, 5.41) is 2.26. The number of hydrogen-bond acceptors (Lipinski definition) is 4. The van der Waals surface area contributed by atoms with Crippen molar-refractivity contribution in [2.45, 2.75) is 45.0 Å². The summed E-state index contributed by atoms with van der Waals surface area (Å²) in [5.74, 6) is -0.208. The third kappa shape index (κ3) is 6.69. The van der Waals surface area contributed by atoms with Crippen LogP contribution in [0.1, 0.15) is 49.6 Å². The van der Waals surface area contributed by atoms with Crippen LogP contribution in [0.15, 0.2) is 95.8 Å². The summed E-state index contributed by atoms with van der Waals surface area (Å²) in [7, 11) is 3.50. The summed E-state index contributed by atoms with van der Waals surface area (Å²) >= 11 is 0. The number of nitrogens with zero attached hydrogens (tertiary/aromatic N) is 2. The molecule has 0 N–H and O–H groups in total. The third-order valence-electron chi connectivity index (χ3n) is 6.57. The van der Waals surface area contributed by atoms with Crippen molar-refractivity contribution in [3.05, 3.63) is 118 Å². The number of pyridine rings is 1. The summed E-state index contributed by atoms with van der Waals surface area (Å²) in [6, 6.07) is 29.8. The van der Waals surface area contributed by atoms with Crippen molar-refractivity contribution in [3.63, 3.8) is 0 Å². The molecule has 4 rings (SSSR count). The van der Waals surface area contributed by atoms with Gasteiger partial charge in [-0.2, -0.15) is 0 Å². The zero-order valence-corrected chi connectivity index (χ0v) is 22.8. The maximum atomic E-state index is 13.0. The Morgan fingerprint density at radius 2 is 1.55 bits per heavy atom. The Labute approximate surface area is 224 Å². The quantitative estimate of drug-likeness (QED) is 0.272. The van der Waals surface area contributed by atoms with Gasteiger partial charge in [0.05, 0.1) is 12.7 Å². The Balaban J connectivity index is 1.75. The molecule has 1 heterocycles. The van der Waals surface area contributed by atoms with Crippen molar-refractivity contribution in [3.8, 4) is 0 Å². The fourth-order valence-corrected chi connectivity index (χ4v) is 4.54. The number of carbonyl (C=O) groups excluding carboxylic acids is 1. The first-order valence-corrected chi connectivity index (χ1v) is 12.9. The molecule has 1 aromatic heterocycles. The summed E-state index contributed by atoms with van der Waals surface area (Å²) < 4.78 is 13.9. The van der Waals surface area contributed by atoms with Gasteiger partial charge in [-0.25, -0.2) is 4.79 Å². The first kappa shape index (κ1) is 27.1. The fourth-order valence-electron chi connectivity index (χ4n) is 4.54. The summed E-state index contributed by atoms with van der Waals surface area (Å²) in [4.78, 5) is 26.8. The van der Waals surface area contributed by atoms with Crippen LogP contribution in [0.3, 0.4) is 0 Å². The van der Waals surface area contributed by atoms with Gasteiger partial charge in [0.15, 0.2) is 0 Å². The van der Waals surface area contributed by atoms with Gasteiger partial charge in [-0.1, -0.05) is 78.9 Å². The molecule has 0 radical (unpaired) electrons. The minimum atomic E-state index is -0.600. The van der Waals surface area contributed by atoms with E-state index < -0.39 is 11.7 Å². The van der Waals surface area contributed by atoms with E-state index in [0.29, 0.717) is 6.54 Å². The number of likely N-dealkylation sites (N-methyl/N-ethyl adjacent to an activating group) is 1. The van der Waals surface area contributed by atoms with Crippen molar-refractivity contribution in [2.75, 3.05) is 13.6 Å². The van der Waals surface area contributed by atoms with Crippen LogP contribution in [0.25, 0.3) is 10.8 Å². The van der Waals surface area contributed by atoms with Crippen LogP contribution >= 0.6 is 0 Å². The first-order valence-electron chi connectivity index (χ1n) is 12.9. The monoisotopic (exact) mass is 512 g/mol. The van der Waals surface area contributed by atoms with Gasteiger partial charge in [0.1, 0.15) is 5.60 Å². The zero-order chi connectivity index (χ0) is 27.3. The molecule has 0 aliphatic carbocycles. The molecule has 2 atom stereocenters. The summed E-state index contributed by atoms with van der Waals surface area (Å²) in [6.45, 7) is 6.20. The highest BCUT2D eigenvalue weighted by molar-refractivity contribution is 5.83. The van der Waals surface area contributed by atoms with Gasteiger partial charge in [0.25, 0.3) is 5.56 Å². The van der Waals surface area contributed by atoms with Gasteiger partial charge in [-0.3, -0.25) is 4.79 Å². The third-order valence-corrected chi connectivity index (χ3v) is 6.57. The topological polar surface area (TPSA) is 60.8 Å². The average Bonchev–Trinajstić information content (AvgIpc) is 2.89. The molecule has 6 heteroatoms. The maximum absolute atomic E-state index is 13.0. The molecule has 0 saturated carbocycles. The first-order chi connectivity index (χ1) is 18.1. The Morgan fingerprint density at radius 3 is 2.26 bits per heavy atom. The second-order valence-corrected chi connectivity index (χ2v) is 10.6. The van der Waals surface area contributed by atoms with Crippen molar-refractivity contribution in [2.24, 2.45) is 7.05 Å². The molecule has 1 amide bonds. The van der Waals surface area contributed by atoms with Crippen LogP contribution < -0.4 is 5.56 Å². The van der Waals surface area contributed by atoms with E-state index in [1.165, 1.54) is 6.07 Å². The molecule has 0 fully saturated rings. The second kappa shape index (κ2) is 11.7. The largest absolute Gasteiger partial charge is 0.444 e. The van der Waals surface area contributed by atoms with E-state index in [1.54, 1.807) is 29.6 Å². The smallest absolute Gasteiger partial charge is 0.410 e. The molecular weight excluding hydrogens is 476 g/mol. The standard InChI is InChI=1S/C32H36N2O4/c1-32(2,3)38-31(36)33(4)21-28(26-19-18-23-12-9-10-15-25(23)20-26)30(24-13-7-6-8-14-24)37-22-27-16-11-17-29(35)34(27)5/h6-20,28,30H,21-22H2,1-5H3/t28-,30-/m1/s1. The SMILES string of the molecule is CN(C[C@H](c1ccc2ccccc2c1)[C@H](OCc1cccc(=O)n1C)c1ccccc1)C(=O)OC(C)(C)C. The number of rotatable bonds is 8. The van der Waals surface area contributed by atoms with Gasteiger partial charge in [-0.15, -0.1) is 0 Å². The highest BCUT2D eigenvalue weighted by Gasteiger charge is 2.30. The zero-order valence-electron chi connectivity index (χ0n) is 22.8. The number of hydrogen-bond donors (Lipinski definition) is 0. The molecule has 4 aromatic rings. The van der Waals surface area contributed by atoms with E-state index in [2.05, 4.69) is 30.3 Å². The summed E-state index contributed by atoms with van der Waals surface area (Å²) in [6.07, 6.45) is -0.780. The molecule has 0 bridgehead atoms. The van der Waals surface area contributed by atoms with E-state index in [-0.39, 0.29) is 24.2 Å². The van der Waals surface area contributed by atoms with Gasteiger partial charge >= 0.3 is 6.09 Å². The number of fused-ring (bicyclic) bond motifs is 1. The van der Waals surface area contributed by atoms with Gasteiger partial charge in [0.2, 0.25) is 0 Å². The molecule has 3 aromatic carbocycles. The van der Waals surface area contributed by atoms with Crippen molar-refractivity contribution in [1.82, 2.24) is 9.47 Å². The highest BCUT2D eigenvalue weighted by atomic mass is 16.6. The minimum Gasteiger partial charge on any atom is -0.444 e. The molecule has 0 spiro atoms. The number of benzene rings is 3. The van der Waals surface area contributed by atoms with Gasteiger partial charge in [-0.05, 0) is 48.7 Å². The van der Waals surface area contributed by atoms with E-state index in [1.807, 2.05) is 69.3 Å². The van der Waals surface area contributed by atoms with Gasteiger partial charge in [0, 0.05) is 38.3 Å². The average molecular weight is 513 g/mol. The van der Waals surface area contributed by atoms with Crippen molar-refractivity contribution < 1.29 is 14.3 Å². The number of ether oxygens (including phenoxy) is 2. The van der Waals surface area contributed by atoms with Crippen LogP contribution in [0.5, 0.6) is 0 Å². The Bertz CT molecular complexity index is 1440. The van der Waals surface area contributed by atoms with Crippen molar-refractivity contribution >= 4 is 16.9 Å². The van der Waals surface area contributed by atoms with Gasteiger partial charge < -0.3 is 18.9 Å². The molecule has 6 nitrogen and oxygen atoms in total. The van der Waals surface area contributed by atoms with Crippen molar-refractivity contribution in [1.29, 1.82) is 0 Å². The van der Waals surface area contributed by atoms with E-state index >= 15 is 0 Å². The molecule has 198 valence electrons. The Kier molecular flexibility index (Phi) is 8.32. The van der Waals surface area contributed by atoms with E-state index in [4.69, 9.17) is 9.47 Å². The van der Waals surface area contributed by atoms with Crippen LogP contribution in [0.4, 0.5) is 4.79 Å². The van der Waals surface area contributed by atoms with Crippen LogP contribution in [-0.4, -0.2) is 34.8 Å². The summed E-state index contributed by atoms with van der Waals surface area (Å²) in [5.41, 5.74) is 2.13.